The average Bonchev–Trinajstić information content (AvgIpc) is 2.34. The van der Waals surface area contributed by atoms with Crippen LogP contribution in [-0.2, 0) is 9.53 Å². The molecule has 0 aromatic heterocycles. The molecule has 2 aliphatic rings. The molecule has 4 nitrogen and oxygen atoms in total. The Morgan fingerprint density at radius 2 is 2.17 bits per heavy atom. The molecule has 4 heteroatoms. The molecule has 0 radical (unpaired) electrons. The van der Waals surface area contributed by atoms with Gasteiger partial charge in [0, 0.05) is 38.2 Å². The maximum Gasteiger partial charge on any atom is 0.226 e. The van der Waals surface area contributed by atoms with Crippen molar-refractivity contribution >= 4 is 5.91 Å². The molecule has 1 unspecified atom stereocenters. The van der Waals surface area contributed by atoms with Gasteiger partial charge in [0.25, 0.3) is 0 Å². The van der Waals surface area contributed by atoms with Crippen molar-refractivity contribution in [1.82, 2.24) is 10.2 Å². The summed E-state index contributed by atoms with van der Waals surface area (Å²) in [6.45, 7) is 7.74. The smallest absolute Gasteiger partial charge is 0.226 e. The number of amides is 1. The average molecular weight is 254 g/mol. The van der Waals surface area contributed by atoms with Gasteiger partial charge in [-0.2, -0.15) is 0 Å². The maximum atomic E-state index is 12.5. The van der Waals surface area contributed by atoms with Crippen LogP contribution in [0.2, 0.25) is 0 Å². The first-order valence-corrected chi connectivity index (χ1v) is 7.39. The van der Waals surface area contributed by atoms with E-state index in [9.17, 15) is 4.79 Å². The molecule has 1 amide bonds. The van der Waals surface area contributed by atoms with E-state index in [0.29, 0.717) is 18.1 Å². The lowest BCUT2D eigenvalue weighted by Crippen LogP contribution is -2.56. The van der Waals surface area contributed by atoms with Gasteiger partial charge in [-0.05, 0) is 26.2 Å². The van der Waals surface area contributed by atoms with Crippen LogP contribution in [0.5, 0.6) is 0 Å². The van der Waals surface area contributed by atoms with E-state index in [1.165, 1.54) is 0 Å². The second kappa shape index (κ2) is 6.53. The maximum absolute atomic E-state index is 12.5. The van der Waals surface area contributed by atoms with Crippen molar-refractivity contribution in [1.29, 1.82) is 0 Å². The molecular weight excluding hydrogens is 228 g/mol. The Bertz CT molecular complexity index is 275. The number of hydrogen-bond donors (Lipinski definition) is 1. The first kappa shape index (κ1) is 13.8. The molecule has 1 saturated heterocycles. The summed E-state index contributed by atoms with van der Waals surface area (Å²) in [5, 5.41) is 3.39. The number of nitrogens with one attached hydrogen (secondary N) is 1. The molecule has 0 aromatic carbocycles. The third kappa shape index (κ3) is 3.04. The number of rotatable bonds is 5. The van der Waals surface area contributed by atoms with E-state index in [1.807, 2.05) is 6.92 Å². The van der Waals surface area contributed by atoms with Crippen LogP contribution in [0.25, 0.3) is 0 Å². The number of carbonyl (C=O) groups is 1. The fraction of sp³-hybridized carbons (Fsp3) is 0.929. The zero-order valence-electron chi connectivity index (χ0n) is 11.7. The highest BCUT2D eigenvalue weighted by Crippen LogP contribution is 2.32. The van der Waals surface area contributed by atoms with Crippen LogP contribution >= 0.6 is 0 Å². The Kier molecular flexibility index (Phi) is 5.01. The van der Waals surface area contributed by atoms with Crippen molar-refractivity contribution in [3.8, 4) is 0 Å². The van der Waals surface area contributed by atoms with Crippen molar-refractivity contribution in [3.05, 3.63) is 0 Å². The van der Waals surface area contributed by atoms with Gasteiger partial charge in [0.1, 0.15) is 0 Å². The summed E-state index contributed by atoms with van der Waals surface area (Å²) < 4.78 is 5.54. The van der Waals surface area contributed by atoms with E-state index in [4.69, 9.17) is 4.74 Å². The number of carbonyl (C=O) groups excluding carboxylic acids is 1. The molecule has 1 N–H and O–H groups in total. The molecule has 2 fully saturated rings. The second-order valence-electron chi connectivity index (χ2n) is 5.42. The Morgan fingerprint density at radius 3 is 2.83 bits per heavy atom. The van der Waals surface area contributed by atoms with E-state index in [2.05, 4.69) is 17.1 Å². The normalized spacial score (nSPS) is 32.1. The third-order valence-corrected chi connectivity index (χ3v) is 4.10. The third-order valence-electron chi connectivity index (χ3n) is 4.10. The van der Waals surface area contributed by atoms with Crippen molar-refractivity contribution in [2.45, 2.75) is 51.7 Å². The van der Waals surface area contributed by atoms with Gasteiger partial charge in [0.2, 0.25) is 5.91 Å². The Balaban J connectivity index is 1.83. The molecule has 1 heterocycles. The molecule has 0 bridgehead atoms. The lowest BCUT2D eigenvalue weighted by molar-refractivity contribution is -0.147. The minimum Gasteiger partial charge on any atom is -0.378 e. The van der Waals surface area contributed by atoms with Crippen molar-refractivity contribution < 1.29 is 9.53 Å². The van der Waals surface area contributed by atoms with E-state index >= 15 is 0 Å². The number of hydrogen-bond acceptors (Lipinski definition) is 3. The van der Waals surface area contributed by atoms with Gasteiger partial charge in [-0.25, -0.2) is 0 Å². The zero-order chi connectivity index (χ0) is 13.0. The zero-order valence-corrected chi connectivity index (χ0v) is 11.7. The van der Waals surface area contributed by atoms with Gasteiger partial charge >= 0.3 is 0 Å². The predicted molar refractivity (Wildman–Crippen MR) is 71.4 cm³/mol. The molecule has 1 saturated carbocycles. The lowest BCUT2D eigenvalue weighted by Gasteiger charge is -2.42. The van der Waals surface area contributed by atoms with E-state index in [0.717, 1.165) is 51.9 Å². The highest BCUT2D eigenvalue weighted by atomic mass is 16.5. The van der Waals surface area contributed by atoms with Crippen molar-refractivity contribution in [3.63, 3.8) is 0 Å². The summed E-state index contributed by atoms with van der Waals surface area (Å²) in [6, 6.07) is 0.405. The van der Waals surface area contributed by atoms with E-state index < -0.39 is 0 Å². The summed E-state index contributed by atoms with van der Waals surface area (Å²) in [7, 11) is 0. The Morgan fingerprint density at radius 1 is 1.39 bits per heavy atom. The van der Waals surface area contributed by atoms with Gasteiger partial charge in [-0.3, -0.25) is 4.79 Å². The molecule has 1 aliphatic heterocycles. The van der Waals surface area contributed by atoms with Crippen LogP contribution in [0.15, 0.2) is 0 Å². The minimum atomic E-state index is 0.221. The molecular formula is C14H26N2O2. The summed E-state index contributed by atoms with van der Waals surface area (Å²) in [5.74, 6) is 0.588. The topological polar surface area (TPSA) is 41.6 Å². The minimum absolute atomic E-state index is 0.221. The highest BCUT2D eigenvalue weighted by molar-refractivity contribution is 5.80. The van der Waals surface area contributed by atoms with Gasteiger partial charge < -0.3 is 15.0 Å². The Hall–Kier alpha value is -0.610. The van der Waals surface area contributed by atoms with Crippen LogP contribution in [0.1, 0.15) is 39.5 Å². The standard InChI is InChI=1S/C14H26N2O2/c1-3-5-12-10-15-6-7-16(12)14(17)11-8-13(9-11)18-4-2/h11-13,15H,3-10H2,1-2H3. The van der Waals surface area contributed by atoms with Gasteiger partial charge in [-0.1, -0.05) is 13.3 Å². The number of nitrogens with zero attached hydrogens (tertiary/aromatic N) is 1. The largest absolute Gasteiger partial charge is 0.378 e. The van der Waals surface area contributed by atoms with E-state index in [1.54, 1.807) is 0 Å². The van der Waals surface area contributed by atoms with E-state index in [-0.39, 0.29) is 5.92 Å². The summed E-state index contributed by atoms with van der Waals surface area (Å²) >= 11 is 0. The van der Waals surface area contributed by atoms with Crippen LogP contribution in [0.3, 0.4) is 0 Å². The first-order chi connectivity index (χ1) is 8.76. The molecule has 0 aromatic rings. The lowest BCUT2D eigenvalue weighted by atomic mass is 9.80. The number of ether oxygens (including phenoxy) is 1. The predicted octanol–water partition coefficient (Wildman–Crippen LogP) is 1.40. The molecule has 1 atom stereocenters. The van der Waals surface area contributed by atoms with Crippen molar-refractivity contribution in [2.24, 2.45) is 5.92 Å². The summed E-state index contributed by atoms with van der Waals surface area (Å²) in [6.07, 6.45) is 4.43. The Labute approximate surface area is 110 Å². The summed E-state index contributed by atoms with van der Waals surface area (Å²) in [4.78, 5) is 14.6. The van der Waals surface area contributed by atoms with Gasteiger partial charge in [-0.15, -0.1) is 0 Å². The van der Waals surface area contributed by atoms with Crippen LogP contribution in [-0.4, -0.2) is 49.2 Å². The van der Waals surface area contributed by atoms with Gasteiger partial charge in [0.05, 0.1) is 6.10 Å². The van der Waals surface area contributed by atoms with Crippen molar-refractivity contribution in [2.75, 3.05) is 26.2 Å². The number of piperazine rings is 1. The summed E-state index contributed by atoms with van der Waals surface area (Å²) in [5.41, 5.74) is 0. The van der Waals surface area contributed by atoms with Crippen LogP contribution in [0, 0.1) is 5.92 Å². The molecule has 0 spiro atoms. The molecule has 2 rings (SSSR count). The van der Waals surface area contributed by atoms with Crippen LogP contribution in [0.4, 0.5) is 0 Å². The molecule has 18 heavy (non-hydrogen) atoms. The molecule has 1 aliphatic carbocycles. The second-order valence-corrected chi connectivity index (χ2v) is 5.42. The quantitative estimate of drug-likeness (QED) is 0.806. The fourth-order valence-corrected chi connectivity index (χ4v) is 3.02. The molecule has 104 valence electrons. The van der Waals surface area contributed by atoms with Crippen LogP contribution < -0.4 is 5.32 Å². The fourth-order valence-electron chi connectivity index (χ4n) is 3.02. The monoisotopic (exact) mass is 254 g/mol. The van der Waals surface area contributed by atoms with Gasteiger partial charge in [0.15, 0.2) is 0 Å². The highest BCUT2D eigenvalue weighted by Gasteiger charge is 2.39. The SMILES string of the molecule is CCCC1CNCCN1C(=O)C1CC(OCC)C1. The first-order valence-electron chi connectivity index (χ1n) is 7.39.